The summed E-state index contributed by atoms with van der Waals surface area (Å²) in [6.45, 7) is 5.94. The van der Waals surface area contributed by atoms with Crippen LogP contribution in [0.4, 0.5) is 35.5 Å². The molecule has 4 heterocycles. The first-order chi connectivity index (χ1) is 17.1. The van der Waals surface area contributed by atoms with E-state index in [4.69, 9.17) is 0 Å². The molecule has 0 radical (unpaired) electrons. The zero-order chi connectivity index (χ0) is 25.5. The molecule has 2 aromatic heterocycles. The number of alkyl halides is 3. The number of halogens is 3. The monoisotopic (exact) mass is 538 g/mol. The van der Waals surface area contributed by atoms with E-state index < -0.39 is 21.6 Å². The molecule has 5 rings (SSSR count). The normalized spacial score (nSPS) is 17.7. The fourth-order valence-corrected chi connectivity index (χ4v) is 7.24. The minimum atomic E-state index is -4.71. The average Bonchev–Trinajstić information content (AvgIpc) is 3.22. The van der Waals surface area contributed by atoms with Crippen LogP contribution in [-0.2, 0) is 16.0 Å². The molecule has 0 bridgehead atoms. The van der Waals surface area contributed by atoms with E-state index in [1.54, 1.807) is 0 Å². The van der Waals surface area contributed by atoms with Gasteiger partial charge in [0.1, 0.15) is 15.5 Å². The van der Waals surface area contributed by atoms with E-state index in [9.17, 15) is 21.6 Å². The molecule has 0 spiro atoms. The second kappa shape index (κ2) is 9.52. The van der Waals surface area contributed by atoms with Crippen molar-refractivity contribution in [3.8, 4) is 10.6 Å². The Kier molecular flexibility index (Phi) is 6.55. The summed E-state index contributed by atoms with van der Waals surface area (Å²) in [7, 11) is -3.59. The molecule has 3 N–H and O–H groups in total. The lowest BCUT2D eigenvalue weighted by atomic mass is 10.1. The van der Waals surface area contributed by atoms with Crippen molar-refractivity contribution in [2.45, 2.75) is 24.4 Å². The van der Waals surface area contributed by atoms with E-state index in [2.05, 4.69) is 30.8 Å². The standard InChI is InChI=1S/C23H25F3N6O2S2/c1-14-11-15(32-8-6-27-7-9-32)3-4-17(14)30-22-29-13-16(23(24,25)26)20(31-22)18-12-19-21(35-18)28-5-2-10-36(19,33)34/h3-4,11-13,27-28H,2,5-10H2,1H3,(H,29,30,31). The summed E-state index contributed by atoms with van der Waals surface area (Å²) in [6.07, 6.45) is -3.54. The van der Waals surface area contributed by atoms with E-state index in [-0.39, 0.29) is 27.2 Å². The highest BCUT2D eigenvalue weighted by molar-refractivity contribution is 7.91. The molecule has 0 saturated carbocycles. The summed E-state index contributed by atoms with van der Waals surface area (Å²) >= 11 is 0.951. The van der Waals surface area contributed by atoms with Gasteiger partial charge in [0.15, 0.2) is 9.84 Å². The summed E-state index contributed by atoms with van der Waals surface area (Å²) in [4.78, 5) is 10.5. The molecule has 0 aliphatic carbocycles. The molecule has 1 saturated heterocycles. The Balaban J connectivity index is 1.50. The SMILES string of the molecule is Cc1cc(N2CCNCC2)ccc1Nc1ncc(C(F)(F)F)c(-c2cc3c(s2)NCCCS3(=O)=O)n1. The number of nitrogens with zero attached hydrogens (tertiary/aromatic N) is 3. The lowest BCUT2D eigenvalue weighted by molar-refractivity contribution is -0.137. The van der Waals surface area contributed by atoms with Crippen LogP contribution in [0.2, 0.25) is 0 Å². The number of piperazine rings is 1. The second-order valence-electron chi connectivity index (χ2n) is 8.72. The van der Waals surface area contributed by atoms with Gasteiger partial charge in [-0.15, -0.1) is 11.3 Å². The highest BCUT2D eigenvalue weighted by atomic mass is 32.2. The van der Waals surface area contributed by atoms with Gasteiger partial charge in [0.05, 0.1) is 16.3 Å². The van der Waals surface area contributed by atoms with E-state index in [0.29, 0.717) is 23.7 Å². The number of hydrogen-bond donors (Lipinski definition) is 3. The van der Waals surface area contributed by atoms with E-state index in [0.717, 1.165) is 55.0 Å². The number of anilines is 4. The molecular weight excluding hydrogens is 513 g/mol. The first-order valence-electron chi connectivity index (χ1n) is 11.5. The first-order valence-corrected chi connectivity index (χ1v) is 14.0. The minimum absolute atomic E-state index is 0.00423. The fraction of sp³-hybridized carbons (Fsp3) is 0.391. The zero-order valence-corrected chi connectivity index (χ0v) is 21.1. The highest BCUT2D eigenvalue weighted by Gasteiger charge is 2.37. The molecule has 13 heteroatoms. The van der Waals surface area contributed by atoms with Crippen LogP contribution >= 0.6 is 11.3 Å². The summed E-state index contributed by atoms with van der Waals surface area (Å²) in [5, 5.41) is 9.69. The van der Waals surface area contributed by atoms with E-state index in [1.807, 2.05) is 25.1 Å². The molecule has 0 unspecified atom stereocenters. The highest BCUT2D eigenvalue weighted by Crippen LogP contribution is 2.43. The van der Waals surface area contributed by atoms with Gasteiger partial charge in [0.25, 0.3) is 0 Å². The number of fused-ring (bicyclic) bond motifs is 1. The van der Waals surface area contributed by atoms with Gasteiger partial charge in [0, 0.05) is 50.3 Å². The minimum Gasteiger partial charge on any atom is -0.376 e. The van der Waals surface area contributed by atoms with Crippen molar-refractivity contribution < 1.29 is 21.6 Å². The van der Waals surface area contributed by atoms with Crippen LogP contribution in [0.5, 0.6) is 0 Å². The first kappa shape index (κ1) is 24.8. The average molecular weight is 539 g/mol. The van der Waals surface area contributed by atoms with Gasteiger partial charge in [-0.25, -0.2) is 18.4 Å². The lowest BCUT2D eigenvalue weighted by Gasteiger charge is -2.30. The number of nitrogens with one attached hydrogen (secondary N) is 3. The van der Waals surface area contributed by atoms with Crippen LogP contribution in [0.3, 0.4) is 0 Å². The third-order valence-electron chi connectivity index (χ3n) is 6.17. The van der Waals surface area contributed by atoms with Gasteiger partial charge < -0.3 is 20.9 Å². The van der Waals surface area contributed by atoms with Gasteiger partial charge in [0.2, 0.25) is 5.95 Å². The van der Waals surface area contributed by atoms with Crippen molar-refractivity contribution in [3.63, 3.8) is 0 Å². The third kappa shape index (κ3) is 5.00. The van der Waals surface area contributed by atoms with Crippen molar-refractivity contribution >= 4 is 43.5 Å². The van der Waals surface area contributed by atoms with Gasteiger partial charge in [-0.3, -0.25) is 0 Å². The Hall–Kier alpha value is -2.90. The summed E-state index contributed by atoms with van der Waals surface area (Å²) in [5.41, 5.74) is 1.26. The van der Waals surface area contributed by atoms with Crippen molar-refractivity contribution in [2.75, 3.05) is 54.0 Å². The van der Waals surface area contributed by atoms with Crippen LogP contribution < -0.4 is 20.9 Å². The largest absolute Gasteiger partial charge is 0.420 e. The molecular formula is C23H25F3N6O2S2. The van der Waals surface area contributed by atoms with Crippen molar-refractivity contribution in [3.05, 3.63) is 41.6 Å². The Morgan fingerprint density at radius 1 is 1.14 bits per heavy atom. The molecule has 1 aromatic carbocycles. The topological polar surface area (TPSA) is 99.2 Å². The molecule has 3 aromatic rings. The Morgan fingerprint density at radius 3 is 2.64 bits per heavy atom. The number of aryl methyl sites for hydroxylation is 1. The Labute approximate surface area is 210 Å². The van der Waals surface area contributed by atoms with Crippen molar-refractivity contribution in [2.24, 2.45) is 0 Å². The lowest BCUT2D eigenvalue weighted by Crippen LogP contribution is -2.43. The van der Waals surface area contributed by atoms with Crippen LogP contribution in [0.1, 0.15) is 17.5 Å². The zero-order valence-electron chi connectivity index (χ0n) is 19.4. The van der Waals surface area contributed by atoms with Gasteiger partial charge >= 0.3 is 6.18 Å². The number of aromatic nitrogens is 2. The maximum atomic E-state index is 13.8. The van der Waals surface area contributed by atoms with Crippen LogP contribution in [0, 0.1) is 6.92 Å². The predicted molar refractivity (Wildman–Crippen MR) is 135 cm³/mol. The number of sulfone groups is 1. The second-order valence-corrected chi connectivity index (χ2v) is 11.8. The Bertz CT molecular complexity index is 1380. The summed E-state index contributed by atoms with van der Waals surface area (Å²) in [5.74, 6) is -0.0647. The Morgan fingerprint density at radius 2 is 1.92 bits per heavy atom. The number of thiophene rings is 1. The number of hydrogen-bond acceptors (Lipinski definition) is 9. The van der Waals surface area contributed by atoms with E-state index >= 15 is 0 Å². The van der Waals surface area contributed by atoms with Crippen molar-refractivity contribution in [1.29, 1.82) is 0 Å². The maximum absolute atomic E-state index is 13.8. The molecule has 2 aliphatic rings. The van der Waals surface area contributed by atoms with Gasteiger partial charge in [-0.05, 0) is 43.2 Å². The quantitative estimate of drug-likeness (QED) is 0.453. The summed E-state index contributed by atoms with van der Waals surface area (Å²) < 4.78 is 66.7. The number of benzene rings is 1. The van der Waals surface area contributed by atoms with Crippen LogP contribution in [0.15, 0.2) is 35.4 Å². The third-order valence-corrected chi connectivity index (χ3v) is 9.22. The molecule has 0 atom stereocenters. The number of rotatable bonds is 4. The molecule has 0 amide bonds. The maximum Gasteiger partial charge on any atom is 0.420 e. The van der Waals surface area contributed by atoms with Crippen LogP contribution in [0.25, 0.3) is 10.6 Å². The molecule has 2 aliphatic heterocycles. The summed E-state index contributed by atoms with van der Waals surface area (Å²) in [6, 6.07) is 7.11. The molecule has 36 heavy (non-hydrogen) atoms. The van der Waals surface area contributed by atoms with Crippen LogP contribution in [-0.4, -0.2) is 56.9 Å². The van der Waals surface area contributed by atoms with Crippen molar-refractivity contribution in [1.82, 2.24) is 15.3 Å². The molecule has 1 fully saturated rings. The van der Waals surface area contributed by atoms with Gasteiger partial charge in [-0.2, -0.15) is 13.2 Å². The fourth-order valence-electron chi connectivity index (χ4n) is 4.28. The molecule has 192 valence electrons. The molecule has 8 nitrogen and oxygen atoms in total. The smallest absolute Gasteiger partial charge is 0.376 e. The van der Waals surface area contributed by atoms with E-state index in [1.165, 1.54) is 6.07 Å². The van der Waals surface area contributed by atoms with Gasteiger partial charge in [-0.1, -0.05) is 0 Å². The predicted octanol–water partition coefficient (Wildman–Crippen LogP) is 4.27.